The molecular formula is C12H18N2O4. The first-order chi connectivity index (χ1) is 8.54. The molecule has 4 N–H and O–H groups in total. The van der Waals surface area contributed by atoms with Crippen LogP contribution in [0.1, 0.15) is 30.6 Å². The number of carbonyl (C=O) groups is 1. The van der Waals surface area contributed by atoms with E-state index in [1.54, 1.807) is 6.07 Å². The van der Waals surface area contributed by atoms with Crippen molar-refractivity contribution in [2.75, 3.05) is 6.54 Å². The van der Waals surface area contributed by atoms with Gasteiger partial charge in [0, 0.05) is 31.4 Å². The van der Waals surface area contributed by atoms with Crippen LogP contribution in [0.25, 0.3) is 0 Å². The fourth-order valence-electron chi connectivity index (χ4n) is 1.53. The van der Waals surface area contributed by atoms with Crippen LogP contribution in [-0.2, 0) is 11.4 Å². The van der Waals surface area contributed by atoms with Gasteiger partial charge in [0.05, 0.1) is 12.7 Å². The van der Waals surface area contributed by atoms with Crippen molar-refractivity contribution in [3.63, 3.8) is 0 Å². The maximum Gasteiger partial charge on any atom is 0.216 e. The van der Waals surface area contributed by atoms with Crippen molar-refractivity contribution < 1.29 is 20.1 Å². The molecule has 0 aromatic carbocycles. The number of rotatable bonds is 6. The van der Waals surface area contributed by atoms with E-state index in [9.17, 15) is 15.0 Å². The van der Waals surface area contributed by atoms with E-state index in [0.717, 1.165) is 0 Å². The first-order valence-electron chi connectivity index (χ1n) is 5.70. The monoisotopic (exact) mass is 254 g/mol. The van der Waals surface area contributed by atoms with Gasteiger partial charge in [-0.25, -0.2) is 0 Å². The number of aromatic nitrogens is 1. The van der Waals surface area contributed by atoms with Crippen LogP contribution in [0.5, 0.6) is 0 Å². The van der Waals surface area contributed by atoms with Gasteiger partial charge in [-0.1, -0.05) is 0 Å². The van der Waals surface area contributed by atoms with E-state index in [1.165, 1.54) is 19.3 Å². The third-order valence-corrected chi connectivity index (χ3v) is 2.52. The largest absolute Gasteiger partial charge is 0.392 e. The molecule has 0 aliphatic carbocycles. The molecule has 0 bridgehead atoms. The summed E-state index contributed by atoms with van der Waals surface area (Å²) in [5.74, 6) is -0.180. The zero-order chi connectivity index (χ0) is 13.5. The van der Waals surface area contributed by atoms with Crippen LogP contribution in [-0.4, -0.2) is 38.9 Å². The molecule has 6 heteroatoms. The van der Waals surface area contributed by atoms with Gasteiger partial charge >= 0.3 is 0 Å². The number of carbonyl (C=O) groups excluding carboxylic acids is 1. The van der Waals surface area contributed by atoms with Crippen LogP contribution >= 0.6 is 0 Å². The molecule has 0 aliphatic rings. The predicted molar refractivity (Wildman–Crippen MR) is 64.4 cm³/mol. The van der Waals surface area contributed by atoms with Crippen LogP contribution in [0.3, 0.4) is 0 Å². The molecule has 1 aromatic rings. The summed E-state index contributed by atoms with van der Waals surface area (Å²) in [5, 5.41) is 31.1. The summed E-state index contributed by atoms with van der Waals surface area (Å²) in [6.45, 7) is 1.51. The molecule has 1 aromatic heterocycles. The predicted octanol–water partition coefficient (Wildman–Crippen LogP) is -0.506. The molecule has 1 heterocycles. The minimum atomic E-state index is -1.09. The molecule has 0 saturated heterocycles. The average molecular weight is 254 g/mol. The maximum absolute atomic E-state index is 10.7. The quantitative estimate of drug-likeness (QED) is 0.548. The van der Waals surface area contributed by atoms with Crippen molar-refractivity contribution >= 4 is 5.91 Å². The Morgan fingerprint density at radius 3 is 2.78 bits per heavy atom. The Morgan fingerprint density at radius 2 is 2.17 bits per heavy atom. The Balaban J connectivity index is 2.56. The van der Waals surface area contributed by atoms with Crippen molar-refractivity contribution in [1.82, 2.24) is 10.3 Å². The lowest BCUT2D eigenvalue weighted by Crippen LogP contribution is -2.27. The Bertz CT molecular complexity index is 397. The summed E-state index contributed by atoms with van der Waals surface area (Å²) in [4.78, 5) is 14.5. The normalized spacial score (nSPS) is 14.0. The van der Waals surface area contributed by atoms with Crippen LogP contribution in [0.2, 0.25) is 0 Å². The summed E-state index contributed by atoms with van der Waals surface area (Å²) in [6, 6.07) is 1.58. The lowest BCUT2D eigenvalue weighted by atomic mass is 10.0. The van der Waals surface area contributed by atoms with Gasteiger partial charge in [-0.05, 0) is 18.1 Å². The van der Waals surface area contributed by atoms with Gasteiger partial charge in [0.2, 0.25) is 5.91 Å². The topological polar surface area (TPSA) is 103 Å². The molecule has 1 rings (SSSR count). The fourth-order valence-corrected chi connectivity index (χ4v) is 1.53. The van der Waals surface area contributed by atoms with Crippen LogP contribution in [0, 0.1) is 0 Å². The summed E-state index contributed by atoms with van der Waals surface area (Å²) in [5.41, 5.74) is 1.01. The molecule has 2 unspecified atom stereocenters. The molecule has 1 amide bonds. The van der Waals surface area contributed by atoms with E-state index < -0.39 is 12.2 Å². The Hall–Kier alpha value is -1.50. The molecule has 0 spiro atoms. The fraction of sp³-hybridized carbons (Fsp3) is 0.500. The third kappa shape index (κ3) is 4.40. The number of nitrogens with zero attached hydrogens (tertiary/aromatic N) is 1. The third-order valence-electron chi connectivity index (χ3n) is 2.52. The number of hydrogen-bond acceptors (Lipinski definition) is 5. The molecule has 6 nitrogen and oxygen atoms in total. The van der Waals surface area contributed by atoms with Gasteiger partial charge in [-0.3, -0.25) is 9.78 Å². The van der Waals surface area contributed by atoms with Gasteiger partial charge in [-0.2, -0.15) is 0 Å². The molecule has 0 aliphatic heterocycles. The standard InChI is InChI=1S/C12H18N2O4/c1-8(16)14-3-2-11(17)12(18)10-4-9(7-15)5-13-6-10/h4-6,11-12,15,17-18H,2-3,7H2,1H3,(H,14,16). The number of nitrogens with one attached hydrogen (secondary N) is 1. The second-order valence-corrected chi connectivity index (χ2v) is 4.07. The maximum atomic E-state index is 10.7. The van der Waals surface area contributed by atoms with Crippen LogP contribution < -0.4 is 5.32 Å². The second-order valence-electron chi connectivity index (χ2n) is 4.07. The summed E-state index contributed by atoms with van der Waals surface area (Å²) in [7, 11) is 0. The van der Waals surface area contributed by atoms with Crippen molar-refractivity contribution in [3.05, 3.63) is 29.6 Å². The van der Waals surface area contributed by atoms with Crippen molar-refractivity contribution in [3.8, 4) is 0 Å². The highest BCUT2D eigenvalue weighted by Gasteiger charge is 2.18. The highest BCUT2D eigenvalue weighted by Crippen LogP contribution is 2.18. The molecule has 0 fully saturated rings. The van der Waals surface area contributed by atoms with Crippen molar-refractivity contribution in [2.45, 2.75) is 32.2 Å². The van der Waals surface area contributed by atoms with E-state index in [4.69, 9.17) is 5.11 Å². The molecular weight excluding hydrogens is 236 g/mol. The van der Waals surface area contributed by atoms with Gasteiger partial charge in [0.1, 0.15) is 6.10 Å². The second kappa shape index (κ2) is 7.05. The first kappa shape index (κ1) is 14.6. The lowest BCUT2D eigenvalue weighted by Gasteiger charge is -2.18. The lowest BCUT2D eigenvalue weighted by molar-refractivity contribution is -0.119. The smallest absolute Gasteiger partial charge is 0.216 e. The Labute approximate surface area is 105 Å². The van der Waals surface area contributed by atoms with Crippen molar-refractivity contribution in [1.29, 1.82) is 0 Å². The molecule has 18 heavy (non-hydrogen) atoms. The van der Waals surface area contributed by atoms with Crippen LogP contribution in [0.4, 0.5) is 0 Å². The van der Waals surface area contributed by atoms with Gasteiger partial charge in [0.25, 0.3) is 0 Å². The molecule has 100 valence electrons. The van der Waals surface area contributed by atoms with E-state index in [1.807, 2.05) is 0 Å². The Morgan fingerprint density at radius 1 is 1.44 bits per heavy atom. The number of aliphatic hydroxyl groups is 3. The average Bonchev–Trinajstić information content (AvgIpc) is 2.37. The highest BCUT2D eigenvalue weighted by atomic mass is 16.3. The summed E-state index contributed by atoms with van der Waals surface area (Å²) in [6.07, 6.45) is 1.08. The van der Waals surface area contributed by atoms with E-state index in [0.29, 0.717) is 17.7 Å². The number of pyridine rings is 1. The van der Waals surface area contributed by atoms with Gasteiger partial charge in [0.15, 0.2) is 0 Å². The Kier molecular flexibility index (Phi) is 5.70. The molecule has 0 radical (unpaired) electrons. The molecule has 0 saturated carbocycles. The van der Waals surface area contributed by atoms with Gasteiger partial charge in [-0.15, -0.1) is 0 Å². The summed E-state index contributed by atoms with van der Waals surface area (Å²) >= 11 is 0. The van der Waals surface area contributed by atoms with E-state index in [-0.39, 0.29) is 18.9 Å². The highest BCUT2D eigenvalue weighted by molar-refractivity contribution is 5.72. The summed E-state index contributed by atoms with van der Waals surface area (Å²) < 4.78 is 0. The number of hydrogen-bond donors (Lipinski definition) is 4. The van der Waals surface area contributed by atoms with E-state index in [2.05, 4.69) is 10.3 Å². The number of aliphatic hydroxyl groups excluding tert-OH is 3. The minimum Gasteiger partial charge on any atom is -0.392 e. The van der Waals surface area contributed by atoms with Crippen molar-refractivity contribution in [2.24, 2.45) is 0 Å². The number of amides is 1. The zero-order valence-electron chi connectivity index (χ0n) is 10.2. The SMILES string of the molecule is CC(=O)NCCC(O)C(O)c1cncc(CO)c1. The molecule has 2 atom stereocenters. The van der Waals surface area contributed by atoms with Crippen LogP contribution in [0.15, 0.2) is 18.5 Å². The minimum absolute atomic E-state index is 0.171. The van der Waals surface area contributed by atoms with E-state index >= 15 is 0 Å². The zero-order valence-corrected chi connectivity index (χ0v) is 10.2. The first-order valence-corrected chi connectivity index (χ1v) is 5.70. The van der Waals surface area contributed by atoms with Gasteiger partial charge < -0.3 is 20.6 Å².